The van der Waals surface area contributed by atoms with Crippen LogP contribution in [-0.4, -0.2) is 54.1 Å². The molecule has 2 aromatic rings. The number of piperazine rings is 1. The van der Waals surface area contributed by atoms with Gasteiger partial charge in [0.05, 0.1) is 22.6 Å². The van der Waals surface area contributed by atoms with Crippen LogP contribution in [0.4, 0.5) is 11.5 Å². The predicted molar refractivity (Wildman–Crippen MR) is 100.0 cm³/mol. The molecule has 0 aliphatic carbocycles. The summed E-state index contributed by atoms with van der Waals surface area (Å²) in [5.74, 6) is 0.860. The Kier molecular flexibility index (Phi) is 5.88. The average Bonchev–Trinajstić information content (AvgIpc) is 2.60. The van der Waals surface area contributed by atoms with Gasteiger partial charge in [0, 0.05) is 38.9 Å². The second kappa shape index (κ2) is 8.31. The van der Waals surface area contributed by atoms with E-state index in [0.717, 1.165) is 67.9 Å². The van der Waals surface area contributed by atoms with Crippen molar-refractivity contribution in [1.82, 2.24) is 14.9 Å². The molecule has 1 aromatic carbocycles. The average molecular weight is 346 g/mol. The van der Waals surface area contributed by atoms with Crippen LogP contribution in [0, 0.1) is 6.92 Å². The molecule has 1 fully saturated rings. The van der Waals surface area contributed by atoms with E-state index in [1.54, 1.807) is 12.4 Å². The van der Waals surface area contributed by atoms with Gasteiger partial charge in [-0.25, -0.2) is 4.98 Å². The number of hydrogen-bond donors (Lipinski definition) is 1. The molecule has 1 aliphatic rings. The Hall–Kier alpha value is -1.85. The van der Waals surface area contributed by atoms with Gasteiger partial charge in [-0.1, -0.05) is 23.7 Å². The summed E-state index contributed by atoms with van der Waals surface area (Å²) in [5.41, 5.74) is 2.09. The van der Waals surface area contributed by atoms with E-state index in [0.29, 0.717) is 0 Å². The highest BCUT2D eigenvalue weighted by atomic mass is 35.5. The molecule has 1 saturated heterocycles. The second-order valence-electron chi connectivity index (χ2n) is 6.11. The standard InChI is InChI=1S/C18H24ClN5/c1-15-13-20-14-18(22-15)21-7-4-8-23-9-11-24(12-10-23)17-6-3-2-5-16(17)19/h2-3,5-6,13-14H,4,7-12H2,1H3,(H,21,22). The molecule has 0 spiro atoms. The Morgan fingerprint density at radius 3 is 2.67 bits per heavy atom. The van der Waals surface area contributed by atoms with Gasteiger partial charge in [0.25, 0.3) is 0 Å². The first-order valence-corrected chi connectivity index (χ1v) is 8.84. The van der Waals surface area contributed by atoms with Crippen molar-refractivity contribution in [2.45, 2.75) is 13.3 Å². The number of nitrogens with zero attached hydrogens (tertiary/aromatic N) is 4. The molecule has 0 atom stereocenters. The van der Waals surface area contributed by atoms with Gasteiger partial charge in [-0.3, -0.25) is 9.88 Å². The lowest BCUT2D eigenvalue weighted by Gasteiger charge is -2.36. The number of hydrogen-bond acceptors (Lipinski definition) is 5. The Bertz CT molecular complexity index is 655. The Morgan fingerprint density at radius 2 is 1.92 bits per heavy atom. The molecule has 0 saturated carbocycles. The lowest BCUT2D eigenvalue weighted by Crippen LogP contribution is -2.46. The van der Waals surface area contributed by atoms with Crippen LogP contribution in [0.2, 0.25) is 5.02 Å². The van der Waals surface area contributed by atoms with Crippen molar-refractivity contribution in [3.05, 3.63) is 47.4 Å². The molecule has 0 radical (unpaired) electrons. The SMILES string of the molecule is Cc1cncc(NCCCN2CCN(c3ccccc3Cl)CC2)n1. The molecular weight excluding hydrogens is 322 g/mol. The maximum absolute atomic E-state index is 6.29. The summed E-state index contributed by atoms with van der Waals surface area (Å²) in [6.07, 6.45) is 4.64. The number of rotatable bonds is 6. The van der Waals surface area contributed by atoms with Crippen molar-refractivity contribution in [3.63, 3.8) is 0 Å². The molecule has 3 rings (SSSR count). The Labute approximate surface area is 148 Å². The molecule has 1 aliphatic heterocycles. The van der Waals surface area contributed by atoms with Crippen molar-refractivity contribution < 1.29 is 0 Å². The first kappa shape index (κ1) is 17.0. The van der Waals surface area contributed by atoms with E-state index in [2.05, 4.69) is 31.2 Å². The maximum atomic E-state index is 6.29. The zero-order chi connectivity index (χ0) is 16.8. The van der Waals surface area contributed by atoms with Crippen LogP contribution < -0.4 is 10.2 Å². The fourth-order valence-electron chi connectivity index (χ4n) is 2.99. The van der Waals surface area contributed by atoms with E-state index in [1.807, 2.05) is 25.1 Å². The molecule has 2 heterocycles. The van der Waals surface area contributed by atoms with Gasteiger partial charge >= 0.3 is 0 Å². The number of benzene rings is 1. The number of anilines is 2. The van der Waals surface area contributed by atoms with Crippen molar-refractivity contribution in [1.29, 1.82) is 0 Å². The number of aryl methyl sites for hydroxylation is 1. The Morgan fingerprint density at radius 1 is 1.12 bits per heavy atom. The summed E-state index contributed by atoms with van der Waals surface area (Å²) < 4.78 is 0. The van der Waals surface area contributed by atoms with Gasteiger partial charge in [-0.05, 0) is 32.0 Å². The third kappa shape index (κ3) is 4.58. The summed E-state index contributed by atoms with van der Waals surface area (Å²) >= 11 is 6.29. The van der Waals surface area contributed by atoms with Gasteiger partial charge in [-0.15, -0.1) is 0 Å². The van der Waals surface area contributed by atoms with Crippen molar-refractivity contribution in [2.75, 3.05) is 49.5 Å². The number of nitrogens with one attached hydrogen (secondary N) is 1. The summed E-state index contributed by atoms with van der Waals surface area (Å²) in [5, 5.41) is 4.18. The van der Waals surface area contributed by atoms with Gasteiger partial charge in [0.15, 0.2) is 0 Å². The van der Waals surface area contributed by atoms with Crippen LogP contribution in [0.15, 0.2) is 36.7 Å². The molecule has 0 unspecified atom stereocenters. The fourth-order valence-corrected chi connectivity index (χ4v) is 3.24. The van der Waals surface area contributed by atoms with E-state index >= 15 is 0 Å². The zero-order valence-electron chi connectivity index (χ0n) is 14.1. The normalized spacial score (nSPS) is 15.5. The largest absolute Gasteiger partial charge is 0.369 e. The van der Waals surface area contributed by atoms with Gasteiger partial charge in [-0.2, -0.15) is 0 Å². The minimum Gasteiger partial charge on any atom is -0.369 e. The van der Waals surface area contributed by atoms with E-state index < -0.39 is 0 Å². The first-order chi connectivity index (χ1) is 11.7. The van der Waals surface area contributed by atoms with E-state index in [9.17, 15) is 0 Å². The highest BCUT2D eigenvalue weighted by molar-refractivity contribution is 6.33. The van der Waals surface area contributed by atoms with Crippen LogP contribution in [0.1, 0.15) is 12.1 Å². The number of aromatic nitrogens is 2. The van der Waals surface area contributed by atoms with Crippen molar-refractivity contribution >= 4 is 23.1 Å². The van der Waals surface area contributed by atoms with E-state index in [1.165, 1.54) is 0 Å². The smallest absolute Gasteiger partial charge is 0.144 e. The van der Waals surface area contributed by atoms with Gasteiger partial charge < -0.3 is 10.2 Å². The van der Waals surface area contributed by atoms with Crippen LogP contribution in [0.5, 0.6) is 0 Å². The molecular formula is C18H24ClN5. The molecule has 0 bridgehead atoms. The second-order valence-corrected chi connectivity index (χ2v) is 6.51. The van der Waals surface area contributed by atoms with Gasteiger partial charge in [0.2, 0.25) is 0 Å². The minimum absolute atomic E-state index is 0.842. The lowest BCUT2D eigenvalue weighted by atomic mass is 10.2. The summed E-state index contributed by atoms with van der Waals surface area (Å²) in [6, 6.07) is 8.09. The molecule has 6 heteroatoms. The van der Waals surface area contributed by atoms with Crippen LogP contribution in [0.3, 0.4) is 0 Å². The number of para-hydroxylation sites is 1. The molecule has 1 N–H and O–H groups in total. The molecule has 128 valence electrons. The highest BCUT2D eigenvalue weighted by Crippen LogP contribution is 2.25. The summed E-state index contributed by atoms with van der Waals surface area (Å²) in [4.78, 5) is 13.4. The molecule has 0 amide bonds. The molecule has 5 nitrogen and oxygen atoms in total. The van der Waals surface area contributed by atoms with Crippen molar-refractivity contribution in [3.8, 4) is 0 Å². The predicted octanol–water partition coefficient (Wildman–Crippen LogP) is 3.06. The van der Waals surface area contributed by atoms with E-state index in [-0.39, 0.29) is 0 Å². The fraction of sp³-hybridized carbons (Fsp3) is 0.444. The maximum Gasteiger partial charge on any atom is 0.144 e. The first-order valence-electron chi connectivity index (χ1n) is 8.47. The lowest BCUT2D eigenvalue weighted by molar-refractivity contribution is 0.257. The third-order valence-electron chi connectivity index (χ3n) is 4.28. The highest BCUT2D eigenvalue weighted by Gasteiger charge is 2.18. The van der Waals surface area contributed by atoms with Gasteiger partial charge in [0.1, 0.15) is 5.82 Å². The monoisotopic (exact) mass is 345 g/mol. The van der Waals surface area contributed by atoms with Crippen LogP contribution in [0.25, 0.3) is 0 Å². The van der Waals surface area contributed by atoms with Crippen molar-refractivity contribution in [2.24, 2.45) is 0 Å². The Balaban J connectivity index is 1.38. The van der Waals surface area contributed by atoms with E-state index in [4.69, 9.17) is 11.6 Å². The molecule has 1 aromatic heterocycles. The summed E-state index contributed by atoms with van der Waals surface area (Å²) in [7, 11) is 0. The minimum atomic E-state index is 0.842. The van der Waals surface area contributed by atoms with Crippen LogP contribution >= 0.6 is 11.6 Å². The third-order valence-corrected chi connectivity index (χ3v) is 4.60. The topological polar surface area (TPSA) is 44.3 Å². The van der Waals surface area contributed by atoms with Crippen LogP contribution in [-0.2, 0) is 0 Å². The summed E-state index contributed by atoms with van der Waals surface area (Å²) in [6.45, 7) is 8.19. The quantitative estimate of drug-likeness (QED) is 0.815. The number of halogens is 1. The zero-order valence-corrected chi connectivity index (χ0v) is 14.8. The molecule has 24 heavy (non-hydrogen) atoms.